The maximum Gasteiger partial charge on any atom is 0.324 e. The molecule has 2 aromatic rings. The molecule has 2 atom stereocenters. The second-order valence-electron chi connectivity index (χ2n) is 6.22. The van der Waals surface area contributed by atoms with Gasteiger partial charge < -0.3 is 9.64 Å². The van der Waals surface area contributed by atoms with E-state index in [4.69, 9.17) is 16.3 Å². The third-order valence-corrected chi connectivity index (χ3v) is 4.84. The number of nitrogens with zero attached hydrogens (tertiary/aromatic N) is 2. The molecule has 1 fully saturated rings. The monoisotopic (exact) mass is 373 g/mol. The number of nitrogens with one attached hydrogen (secondary N) is 1. The Morgan fingerprint density at radius 2 is 2.08 bits per heavy atom. The Morgan fingerprint density at radius 3 is 2.73 bits per heavy atom. The molecule has 3 amide bonds. The number of benzene rings is 1. The lowest BCUT2D eigenvalue weighted by atomic mass is 9.88. The van der Waals surface area contributed by atoms with Crippen molar-refractivity contribution in [2.75, 3.05) is 6.54 Å². The second kappa shape index (κ2) is 7.33. The van der Waals surface area contributed by atoms with Crippen LogP contribution in [-0.4, -0.2) is 28.4 Å². The fourth-order valence-corrected chi connectivity index (χ4v) is 3.37. The predicted molar refractivity (Wildman–Crippen MR) is 98.3 cm³/mol. The molecular formula is C19H20ClN3O3. The highest BCUT2D eigenvalue weighted by atomic mass is 35.5. The van der Waals surface area contributed by atoms with Crippen LogP contribution in [0.5, 0.6) is 11.6 Å². The number of carbonyl (C=O) groups excluding carboxylic acids is 2. The van der Waals surface area contributed by atoms with Gasteiger partial charge in [0.1, 0.15) is 10.8 Å². The second-order valence-corrected chi connectivity index (χ2v) is 6.63. The molecule has 2 unspecified atom stereocenters. The maximum atomic E-state index is 12.2. The van der Waals surface area contributed by atoms with Gasteiger partial charge in [0.25, 0.3) is 0 Å². The lowest BCUT2D eigenvalue weighted by Gasteiger charge is -2.39. The lowest BCUT2D eigenvalue weighted by molar-refractivity contribution is -0.127. The quantitative estimate of drug-likeness (QED) is 0.876. The van der Waals surface area contributed by atoms with Crippen LogP contribution in [0.3, 0.4) is 0 Å². The molecule has 0 radical (unpaired) electrons. The Bertz CT molecular complexity index is 856. The van der Waals surface area contributed by atoms with Crippen LogP contribution in [0.1, 0.15) is 31.0 Å². The number of ether oxygens (including phenoxy) is 1. The minimum Gasteiger partial charge on any atom is -0.438 e. The van der Waals surface area contributed by atoms with Gasteiger partial charge in [-0.15, -0.1) is 0 Å². The molecule has 3 rings (SSSR count). The van der Waals surface area contributed by atoms with E-state index in [9.17, 15) is 9.59 Å². The standard InChI is InChI=1S/C19H20ClN3O3/c1-4-23-16(12(3)17(24)22-19(23)25)14-8-7-13(10-11(14)2)26-18-15(20)6-5-9-21-18/h5-10,12,16H,4H2,1-3H3,(H,22,24,25). The third kappa shape index (κ3) is 3.37. The fraction of sp³-hybridized carbons (Fsp3) is 0.316. The first-order valence-electron chi connectivity index (χ1n) is 8.42. The normalized spacial score (nSPS) is 20.1. The number of aromatic nitrogens is 1. The summed E-state index contributed by atoms with van der Waals surface area (Å²) in [7, 11) is 0. The van der Waals surface area contributed by atoms with Crippen LogP contribution in [-0.2, 0) is 4.79 Å². The minimum atomic E-state index is -0.361. The van der Waals surface area contributed by atoms with Crippen molar-refractivity contribution in [3.63, 3.8) is 0 Å². The molecule has 0 aliphatic carbocycles. The van der Waals surface area contributed by atoms with Gasteiger partial charge in [-0.3, -0.25) is 10.1 Å². The topological polar surface area (TPSA) is 71.5 Å². The van der Waals surface area contributed by atoms with Gasteiger partial charge in [0, 0.05) is 12.7 Å². The summed E-state index contributed by atoms with van der Waals surface area (Å²) in [6, 6.07) is 8.31. The van der Waals surface area contributed by atoms with Gasteiger partial charge in [-0.25, -0.2) is 9.78 Å². The molecule has 0 saturated carbocycles. The molecule has 1 aliphatic heterocycles. The number of halogens is 1. The number of hydrogen-bond acceptors (Lipinski definition) is 4. The molecule has 0 spiro atoms. The van der Waals surface area contributed by atoms with Crippen LogP contribution in [0.15, 0.2) is 36.5 Å². The molecule has 136 valence electrons. The Hall–Kier alpha value is -2.60. The molecule has 2 heterocycles. The number of pyridine rings is 1. The molecular weight excluding hydrogens is 354 g/mol. The van der Waals surface area contributed by atoms with Crippen molar-refractivity contribution >= 4 is 23.5 Å². The zero-order valence-corrected chi connectivity index (χ0v) is 15.6. The van der Waals surface area contributed by atoms with Crippen molar-refractivity contribution < 1.29 is 14.3 Å². The Morgan fingerprint density at radius 1 is 1.31 bits per heavy atom. The SMILES string of the molecule is CCN1C(=O)NC(=O)C(C)C1c1ccc(Oc2ncccc2Cl)cc1C. The van der Waals surface area contributed by atoms with Gasteiger partial charge >= 0.3 is 6.03 Å². The lowest BCUT2D eigenvalue weighted by Crippen LogP contribution is -2.55. The van der Waals surface area contributed by atoms with E-state index in [-0.39, 0.29) is 23.9 Å². The van der Waals surface area contributed by atoms with Crippen LogP contribution in [0.25, 0.3) is 0 Å². The van der Waals surface area contributed by atoms with Crippen LogP contribution in [0.4, 0.5) is 4.79 Å². The van der Waals surface area contributed by atoms with Gasteiger partial charge in [0.05, 0.1) is 12.0 Å². The third-order valence-electron chi connectivity index (χ3n) is 4.55. The molecule has 1 aromatic carbocycles. The predicted octanol–water partition coefficient (Wildman–Crippen LogP) is 4.08. The number of aryl methyl sites for hydroxylation is 1. The molecule has 26 heavy (non-hydrogen) atoms. The van der Waals surface area contributed by atoms with Crippen LogP contribution >= 0.6 is 11.6 Å². The Kier molecular flexibility index (Phi) is 5.13. The number of urea groups is 1. The highest BCUT2D eigenvalue weighted by Gasteiger charge is 2.39. The first-order valence-corrected chi connectivity index (χ1v) is 8.80. The summed E-state index contributed by atoms with van der Waals surface area (Å²) < 4.78 is 5.75. The van der Waals surface area contributed by atoms with Crippen LogP contribution in [0.2, 0.25) is 5.02 Å². The molecule has 1 aromatic heterocycles. The largest absolute Gasteiger partial charge is 0.438 e. The number of imide groups is 1. The zero-order chi connectivity index (χ0) is 18.8. The molecule has 0 bridgehead atoms. The average Bonchev–Trinajstić information content (AvgIpc) is 2.60. The molecule has 1 N–H and O–H groups in total. The van der Waals surface area contributed by atoms with Crippen LogP contribution < -0.4 is 10.1 Å². The summed E-state index contributed by atoms with van der Waals surface area (Å²) in [5.41, 5.74) is 1.84. The number of rotatable bonds is 4. The molecule has 7 heteroatoms. The van der Waals surface area contributed by atoms with E-state index in [1.165, 1.54) is 0 Å². The van der Waals surface area contributed by atoms with E-state index in [0.29, 0.717) is 23.2 Å². The van der Waals surface area contributed by atoms with Gasteiger partial charge in [0.15, 0.2) is 0 Å². The van der Waals surface area contributed by atoms with Gasteiger partial charge in [-0.2, -0.15) is 0 Å². The van der Waals surface area contributed by atoms with Crippen molar-refractivity contribution in [2.24, 2.45) is 5.92 Å². The van der Waals surface area contributed by atoms with Gasteiger partial charge in [0.2, 0.25) is 11.8 Å². The first kappa shape index (κ1) is 18.2. The maximum absolute atomic E-state index is 12.2. The minimum absolute atomic E-state index is 0.260. The number of hydrogen-bond donors (Lipinski definition) is 1. The summed E-state index contributed by atoms with van der Waals surface area (Å²) in [6.45, 7) is 6.16. The van der Waals surface area contributed by atoms with E-state index < -0.39 is 0 Å². The van der Waals surface area contributed by atoms with Crippen molar-refractivity contribution in [2.45, 2.75) is 26.8 Å². The highest BCUT2D eigenvalue weighted by molar-refractivity contribution is 6.31. The van der Waals surface area contributed by atoms with E-state index in [1.54, 1.807) is 29.3 Å². The molecule has 1 aliphatic rings. The first-order chi connectivity index (χ1) is 12.4. The van der Waals surface area contributed by atoms with Crippen molar-refractivity contribution in [1.29, 1.82) is 0 Å². The zero-order valence-electron chi connectivity index (χ0n) is 14.8. The Labute approximate surface area is 157 Å². The van der Waals surface area contributed by atoms with Crippen molar-refractivity contribution in [3.05, 3.63) is 52.7 Å². The van der Waals surface area contributed by atoms with Crippen molar-refractivity contribution in [3.8, 4) is 11.6 Å². The molecule has 1 saturated heterocycles. The van der Waals surface area contributed by atoms with E-state index in [0.717, 1.165) is 11.1 Å². The summed E-state index contributed by atoms with van der Waals surface area (Å²) in [5, 5.41) is 2.83. The summed E-state index contributed by atoms with van der Waals surface area (Å²) in [5.74, 6) is 0.319. The summed E-state index contributed by atoms with van der Waals surface area (Å²) >= 11 is 6.08. The summed E-state index contributed by atoms with van der Waals surface area (Å²) in [4.78, 5) is 30.1. The smallest absolute Gasteiger partial charge is 0.324 e. The summed E-state index contributed by atoms with van der Waals surface area (Å²) in [6.07, 6.45) is 1.61. The van der Waals surface area contributed by atoms with Gasteiger partial charge in [-0.1, -0.05) is 24.6 Å². The molecule has 6 nitrogen and oxygen atoms in total. The number of carbonyl (C=O) groups is 2. The van der Waals surface area contributed by atoms with E-state index in [2.05, 4.69) is 10.3 Å². The van der Waals surface area contributed by atoms with Gasteiger partial charge in [-0.05, 0) is 49.2 Å². The average molecular weight is 374 g/mol. The van der Waals surface area contributed by atoms with E-state index in [1.807, 2.05) is 32.9 Å². The van der Waals surface area contributed by atoms with Crippen LogP contribution in [0, 0.1) is 12.8 Å². The Balaban J connectivity index is 1.92. The highest BCUT2D eigenvalue weighted by Crippen LogP contribution is 2.36. The van der Waals surface area contributed by atoms with E-state index >= 15 is 0 Å². The van der Waals surface area contributed by atoms with Crippen molar-refractivity contribution in [1.82, 2.24) is 15.2 Å². The fourth-order valence-electron chi connectivity index (χ4n) is 3.21. The number of amides is 3.